The monoisotopic (exact) mass is 515 g/mol. The molecule has 0 aliphatic carbocycles. The van der Waals surface area contributed by atoms with Crippen LogP contribution in [0.4, 0.5) is 0 Å². The van der Waals surface area contributed by atoms with Gasteiger partial charge in [0.25, 0.3) is 0 Å². The third-order valence-electron chi connectivity index (χ3n) is 5.68. The number of rotatable bonds is 7. The first-order chi connectivity index (χ1) is 12.4. The first kappa shape index (κ1) is 24.9. The Morgan fingerprint density at radius 2 is 1.81 bits per heavy atom. The van der Waals surface area contributed by atoms with Crippen molar-refractivity contribution in [3.05, 3.63) is 0 Å². The Morgan fingerprint density at radius 3 is 2.41 bits per heavy atom. The van der Waals surface area contributed by atoms with E-state index in [4.69, 9.17) is 0 Å². The zero-order valence-electron chi connectivity index (χ0n) is 17.1. The lowest BCUT2D eigenvalue weighted by atomic mass is 9.98. The minimum atomic E-state index is -3.04. The van der Waals surface area contributed by atoms with Gasteiger partial charge in [-0.1, -0.05) is 6.42 Å². The largest absolute Gasteiger partial charge is 0.356 e. The molecule has 1 unspecified atom stereocenters. The van der Waals surface area contributed by atoms with Crippen molar-refractivity contribution in [2.45, 2.75) is 51.5 Å². The lowest BCUT2D eigenvalue weighted by molar-refractivity contribution is 0.159. The van der Waals surface area contributed by atoms with Gasteiger partial charge in [0.1, 0.15) is 0 Å². The minimum absolute atomic E-state index is 0. The molecule has 0 saturated carbocycles. The van der Waals surface area contributed by atoms with Crippen molar-refractivity contribution in [1.29, 1.82) is 0 Å². The number of nitrogens with zero attached hydrogens (tertiary/aromatic N) is 3. The van der Waals surface area contributed by atoms with Crippen LogP contribution in [0.25, 0.3) is 0 Å². The number of nitrogens with one attached hydrogen (secondary N) is 2. The summed E-state index contributed by atoms with van der Waals surface area (Å²) < 4.78 is 24.7. The van der Waals surface area contributed by atoms with Crippen LogP contribution in [0.15, 0.2) is 4.99 Å². The van der Waals surface area contributed by atoms with Gasteiger partial charge in [-0.15, -0.1) is 24.0 Å². The molecule has 0 radical (unpaired) electrons. The Balaban J connectivity index is 0.00000364. The fourth-order valence-corrected chi connectivity index (χ4v) is 4.76. The average Bonchev–Trinajstić information content (AvgIpc) is 2.62. The molecule has 2 rings (SSSR count). The molecule has 0 aromatic rings. The lowest BCUT2D eigenvalue weighted by Gasteiger charge is -2.33. The maximum atomic E-state index is 11.6. The van der Waals surface area contributed by atoms with Gasteiger partial charge in [0.2, 0.25) is 10.0 Å². The summed E-state index contributed by atoms with van der Waals surface area (Å²) in [5, 5.41) is 6.80. The van der Waals surface area contributed by atoms with Crippen molar-refractivity contribution >= 4 is 40.0 Å². The Morgan fingerprint density at radius 1 is 1.11 bits per heavy atom. The van der Waals surface area contributed by atoms with Crippen molar-refractivity contribution in [3.8, 4) is 0 Å². The Hall–Kier alpha value is -0.130. The topological polar surface area (TPSA) is 77.0 Å². The summed E-state index contributed by atoms with van der Waals surface area (Å²) in [6.45, 7) is 7.75. The number of hydrogen-bond acceptors (Lipinski definition) is 4. The van der Waals surface area contributed by atoms with Crippen LogP contribution in [0.5, 0.6) is 0 Å². The van der Waals surface area contributed by atoms with Crippen LogP contribution in [-0.2, 0) is 10.0 Å². The highest BCUT2D eigenvalue weighted by molar-refractivity contribution is 14.0. The molecule has 2 N–H and O–H groups in total. The Labute approximate surface area is 182 Å². The predicted molar refractivity (Wildman–Crippen MR) is 123 cm³/mol. The summed E-state index contributed by atoms with van der Waals surface area (Å²) >= 11 is 0. The fourth-order valence-electron chi connectivity index (χ4n) is 3.89. The van der Waals surface area contributed by atoms with E-state index < -0.39 is 10.0 Å². The third kappa shape index (κ3) is 8.82. The van der Waals surface area contributed by atoms with E-state index in [-0.39, 0.29) is 24.0 Å². The van der Waals surface area contributed by atoms with E-state index in [1.165, 1.54) is 32.1 Å². The van der Waals surface area contributed by atoms with E-state index in [0.29, 0.717) is 19.0 Å². The molecule has 0 bridgehead atoms. The molecule has 0 aromatic carbocycles. The fraction of sp³-hybridized carbons (Fsp3) is 0.944. The highest BCUT2D eigenvalue weighted by atomic mass is 127. The maximum Gasteiger partial charge on any atom is 0.211 e. The van der Waals surface area contributed by atoms with Gasteiger partial charge >= 0.3 is 0 Å². The Kier molecular flexibility index (Phi) is 11.5. The number of hydrogen-bond donors (Lipinski definition) is 2. The van der Waals surface area contributed by atoms with E-state index in [2.05, 4.69) is 27.4 Å². The quantitative estimate of drug-likeness (QED) is 0.234. The second-order valence-corrected chi connectivity index (χ2v) is 9.70. The first-order valence-electron chi connectivity index (χ1n) is 10.0. The van der Waals surface area contributed by atoms with Crippen LogP contribution >= 0.6 is 24.0 Å². The number of guanidine groups is 1. The van der Waals surface area contributed by atoms with Gasteiger partial charge in [0.15, 0.2) is 5.96 Å². The van der Waals surface area contributed by atoms with E-state index >= 15 is 0 Å². The zero-order valence-corrected chi connectivity index (χ0v) is 20.3. The summed E-state index contributed by atoms with van der Waals surface area (Å²) in [6.07, 6.45) is 8.26. The highest BCUT2D eigenvalue weighted by Gasteiger charge is 2.24. The molecule has 2 heterocycles. The van der Waals surface area contributed by atoms with Gasteiger partial charge in [-0.25, -0.2) is 12.7 Å². The van der Waals surface area contributed by atoms with Crippen LogP contribution in [0, 0.1) is 5.92 Å². The van der Waals surface area contributed by atoms with Gasteiger partial charge in [0, 0.05) is 45.8 Å². The van der Waals surface area contributed by atoms with Crippen molar-refractivity contribution < 1.29 is 8.42 Å². The van der Waals surface area contributed by atoms with Crippen LogP contribution in [-0.4, -0.2) is 82.2 Å². The normalized spacial score (nSPS) is 23.7. The second-order valence-electron chi connectivity index (χ2n) is 7.72. The van der Waals surface area contributed by atoms with Gasteiger partial charge in [-0.05, 0) is 51.5 Å². The summed E-state index contributed by atoms with van der Waals surface area (Å²) in [5.74, 6) is 1.35. The molecule has 7 nitrogen and oxygen atoms in total. The molecule has 2 fully saturated rings. The summed E-state index contributed by atoms with van der Waals surface area (Å²) in [6, 6.07) is 0.721. The average molecular weight is 516 g/mol. The molecule has 160 valence electrons. The number of piperidine rings is 2. The number of aliphatic imine (C=N–C) groups is 1. The van der Waals surface area contributed by atoms with Crippen LogP contribution in [0.2, 0.25) is 0 Å². The molecule has 2 saturated heterocycles. The van der Waals surface area contributed by atoms with E-state index in [9.17, 15) is 8.42 Å². The molecule has 1 atom stereocenters. The summed E-state index contributed by atoms with van der Waals surface area (Å²) in [7, 11) is -1.24. The Bertz CT molecular complexity index is 550. The predicted octanol–water partition coefficient (Wildman–Crippen LogP) is 1.71. The lowest BCUT2D eigenvalue weighted by Crippen LogP contribution is -2.44. The van der Waals surface area contributed by atoms with Crippen molar-refractivity contribution in [3.63, 3.8) is 0 Å². The number of halogens is 1. The van der Waals surface area contributed by atoms with Crippen molar-refractivity contribution in [2.24, 2.45) is 10.9 Å². The third-order valence-corrected chi connectivity index (χ3v) is 6.98. The van der Waals surface area contributed by atoms with Crippen LogP contribution in [0.1, 0.15) is 45.4 Å². The number of likely N-dealkylation sites (tertiary alicyclic amines) is 1. The molecule has 2 aliphatic rings. The molecule has 0 amide bonds. The summed E-state index contributed by atoms with van der Waals surface area (Å²) in [5.41, 5.74) is 0. The number of sulfonamides is 1. The molecule has 0 aromatic heterocycles. The van der Waals surface area contributed by atoms with Crippen molar-refractivity contribution in [1.82, 2.24) is 19.8 Å². The van der Waals surface area contributed by atoms with Crippen molar-refractivity contribution in [2.75, 3.05) is 52.6 Å². The SMILES string of the molecule is CN=C(NCCCN1CCCCC1C)NCC1CCN(S(C)(=O)=O)CC1.I. The van der Waals surface area contributed by atoms with E-state index in [1.54, 1.807) is 11.4 Å². The highest BCUT2D eigenvalue weighted by Crippen LogP contribution is 2.18. The molecule has 2 aliphatic heterocycles. The first-order valence-corrected chi connectivity index (χ1v) is 11.9. The van der Waals surface area contributed by atoms with Gasteiger partial charge in [-0.3, -0.25) is 4.99 Å². The van der Waals surface area contributed by atoms with Gasteiger partial charge < -0.3 is 15.5 Å². The summed E-state index contributed by atoms with van der Waals surface area (Å²) in [4.78, 5) is 6.89. The molecule has 9 heteroatoms. The standard InChI is InChI=1S/C18H37N5O2S.HI/c1-16-7-4-5-11-22(16)12-6-10-20-18(19-2)21-15-17-8-13-23(14-9-17)26(3,24)25;/h16-17H,4-15H2,1-3H3,(H2,19,20,21);1H. The molecular formula is C18H38IN5O2S. The van der Waals surface area contributed by atoms with E-state index in [1.807, 2.05) is 0 Å². The van der Waals surface area contributed by atoms with Gasteiger partial charge in [0.05, 0.1) is 6.26 Å². The van der Waals surface area contributed by atoms with Crippen LogP contribution < -0.4 is 10.6 Å². The molecule has 27 heavy (non-hydrogen) atoms. The van der Waals surface area contributed by atoms with Gasteiger partial charge in [-0.2, -0.15) is 0 Å². The molecular weight excluding hydrogens is 477 g/mol. The maximum absolute atomic E-state index is 11.6. The van der Waals surface area contributed by atoms with Crippen LogP contribution in [0.3, 0.4) is 0 Å². The smallest absolute Gasteiger partial charge is 0.211 e. The zero-order chi connectivity index (χ0) is 19.0. The second kappa shape index (κ2) is 12.4. The molecule has 0 spiro atoms. The minimum Gasteiger partial charge on any atom is -0.356 e. The van der Waals surface area contributed by atoms with E-state index in [0.717, 1.165) is 50.9 Å².